The molecule has 0 radical (unpaired) electrons. The molecule has 2 rings (SSSR count). The molecule has 2 saturated heterocycles. The van der Waals surface area contributed by atoms with Crippen LogP contribution in [-0.2, 0) is 9.53 Å². The maximum Gasteiger partial charge on any atom is 0.228 e. The molecule has 2 atom stereocenters. The van der Waals surface area contributed by atoms with Gasteiger partial charge < -0.3 is 15.0 Å². The van der Waals surface area contributed by atoms with Gasteiger partial charge in [0.25, 0.3) is 0 Å². The van der Waals surface area contributed by atoms with Crippen LogP contribution < -0.4 is 5.32 Å². The zero-order chi connectivity index (χ0) is 13.0. The molecular formula is C13H25N3O2. The summed E-state index contributed by atoms with van der Waals surface area (Å²) in [7, 11) is 1.91. The summed E-state index contributed by atoms with van der Waals surface area (Å²) in [4.78, 5) is 16.5. The van der Waals surface area contributed by atoms with Gasteiger partial charge in [-0.2, -0.15) is 0 Å². The van der Waals surface area contributed by atoms with Gasteiger partial charge in [0, 0.05) is 52.9 Å². The summed E-state index contributed by atoms with van der Waals surface area (Å²) in [6, 6.07) is 0. The molecular weight excluding hydrogens is 230 g/mol. The molecule has 2 aliphatic rings. The molecule has 0 aliphatic carbocycles. The Hall–Kier alpha value is -0.650. The number of amides is 1. The third-order valence-electron chi connectivity index (χ3n) is 4.03. The lowest BCUT2D eigenvalue weighted by molar-refractivity contribution is -0.135. The van der Waals surface area contributed by atoms with Crippen LogP contribution in [0.25, 0.3) is 0 Å². The summed E-state index contributed by atoms with van der Waals surface area (Å²) in [6.45, 7) is 8.82. The molecule has 2 fully saturated rings. The molecule has 5 nitrogen and oxygen atoms in total. The highest BCUT2D eigenvalue weighted by Gasteiger charge is 2.32. The normalized spacial score (nSPS) is 29.4. The first-order chi connectivity index (χ1) is 8.68. The Labute approximate surface area is 109 Å². The van der Waals surface area contributed by atoms with E-state index in [-0.39, 0.29) is 17.9 Å². The molecule has 0 aromatic heterocycles. The number of likely N-dealkylation sites (N-methyl/N-ethyl adjacent to an activating group) is 1. The highest BCUT2D eigenvalue weighted by Crippen LogP contribution is 2.22. The SMILES string of the molecule is CC1OCCC1C(=O)N(C)CCN1CCNCC1. The average Bonchev–Trinajstić information content (AvgIpc) is 2.82. The van der Waals surface area contributed by atoms with E-state index in [1.807, 2.05) is 18.9 Å². The maximum atomic E-state index is 12.2. The number of piperazine rings is 1. The Morgan fingerprint density at radius 3 is 2.78 bits per heavy atom. The zero-order valence-corrected chi connectivity index (χ0v) is 11.5. The monoisotopic (exact) mass is 255 g/mol. The van der Waals surface area contributed by atoms with E-state index in [1.165, 1.54) is 0 Å². The highest BCUT2D eigenvalue weighted by molar-refractivity contribution is 5.79. The Morgan fingerprint density at radius 2 is 2.17 bits per heavy atom. The van der Waals surface area contributed by atoms with Crippen molar-refractivity contribution in [3.05, 3.63) is 0 Å². The Morgan fingerprint density at radius 1 is 1.44 bits per heavy atom. The van der Waals surface area contributed by atoms with Crippen molar-refractivity contribution >= 4 is 5.91 Å². The summed E-state index contributed by atoms with van der Waals surface area (Å²) in [5, 5.41) is 3.34. The number of hydrogen-bond acceptors (Lipinski definition) is 4. The highest BCUT2D eigenvalue weighted by atomic mass is 16.5. The third kappa shape index (κ3) is 3.43. The summed E-state index contributed by atoms with van der Waals surface area (Å²) in [6.07, 6.45) is 0.956. The Bertz CT molecular complexity index is 279. The molecule has 2 aliphatic heterocycles. The molecule has 1 amide bonds. The maximum absolute atomic E-state index is 12.2. The summed E-state index contributed by atoms with van der Waals surface area (Å²) in [5.41, 5.74) is 0. The van der Waals surface area contributed by atoms with Crippen LogP contribution in [0.4, 0.5) is 0 Å². The number of nitrogens with one attached hydrogen (secondary N) is 1. The smallest absolute Gasteiger partial charge is 0.228 e. The molecule has 0 saturated carbocycles. The molecule has 104 valence electrons. The largest absolute Gasteiger partial charge is 0.378 e. The van der Waals surface area contributed by atoms with Gasteiger partial charge in [0.2, 0.25) is 5.91 Å². The predicted octanol–water partition coefficient (Wildman–Crippen LogP) is -0.225. The summed E-state index contributed by atoms with van der Waals surface area (Å²) >= 11 is 0. The second-order valence-corrected chi connectivity index (χ2v) is 5.32. The molecule has 0 aromatic carbocycles. The van der Waals surface area contributed by atoms with E-state index in [2.05, 4.69) is 10.2 Å². The van der Waals surface area contributed by atoms with Crippen molar-refractivity contribution in [1.82, 2.24) is 15.1 Å². The first-order valence-corrected chi connectivity index (χ1v) is 6.98. The molecule has 18 heavy (non-hydrogen) atoms. The van der Waals surface area contributed by atoms with Crippen LogP contribution in [0.2, 0.25) is 0 Å². The van der Waals surface area contributed by atoms with E-state index < -0.39 is 0 Å². The Balaban J connectivity index is 1.73. The molecule has 5 heteroatoms. The minimum atomic E-state index is 0.0676. The van der Waals surface area contributed by atoms with Crippen LogP contribution in [0.15, 0.2) is 0 Å². The van der Waals surface area contributed by atoms with Gasteiger partial charge in [0.05, 0.1) is 12.0 Å². The predicted molar refractivity (Wildman–Crippen MR) is 70.5 cm³/mol. The van der Waals surface area contributed by atoms with Crippen molar-refractivity contribution < 1.29 is 9.53 Å². The molecule has 2 unspecified atom stereocenters. The fourth-order valence-corrected chi connectivity index (χ4v) is 2.68. The fraction of sp³-hybridized carbons (Fsp3) is 0.923. The van der Waals surface area contributed by atoms with Crippen LogP contribution in [0, 0.1) is 5.92 Å². The van der Waals surface area contributed by atoms with Crippen molar-refractivity contribution in [1.29, 1.82) is 0 Å². The average molecular weight is 255 g/mol. The van der Waals surface area contributed by atoms with Crippen LogP contribution in [0.1, 0.15) is 13.3 Å². The molecule has 1 N–H and O–H groups in total. The van der Waals surface area contributed by atoms with Gasteiger partial charge in [-0.15, -0.1) is 0 Å². The standard InChI is InChI=1S/C13H25N3O2/c1-11-12(3-10-18-11)13(17)15(2)8-9-16-6-4-14-5-7-16/h11-12,14H,3-10H2,1-2H3. The van der Waals surface area contributed by atoms with E-state index in [0.717, 1.165) is 52.3 Å². The minimum absolute atomic E-state index is 0.0676. The van der Waals surface area contributed by atoms with Crippen molar-refractivity contribution in [2.24, 2.45) is 5.92 Å². The van der Waals surface area contributed by atoms with Crippen LogP contribution in [-0.4, -0.2) is 74.7 Å². The summed E-state index contributed by atoms with van der Waals surface area (Å²) < 4.78 is 5.47. The van der Waals surface area contributed by atoms with Crippen molar-refractivity contribution in [3.8, 4) is 0 Å². The van der Waals surface area contributed by atoms with Gasteiger partial charge in [-0.1, -0.05) is 0 Å². The molecule has 0 bridgehead atoms. The first-order valence-electron chi connectivity index (χ1n) is 6.98. The molecule has 0 aromatic rings. The second kappa shape index (κ2) is 6.50. The van der Waals surface area contributed by atoms with Crippen molar-refractivity contribution in [3.63, 3.8) is 0 Å². The van der Waals surface area contributed by atoms with Crippen LogP contribution in [0.3, 0.4) is 0 Å². The van der Waals surface area contributed by atoms with Crippen LogP contribution >= 0.6 is 0 Å². The molecule has 2 heterocycles. The fourth-order valence-electron chi connectivity index (χ4n) is 2.68. The zero-order valence-electron chi connectivity index (χ0n) is 11.5. The van der Waals surface area contributed by atoms with Crippen molar-refractivity contribution in [2.75, 3.05) is 52.9 Å². The number of nitrogens with zero attached hydrogens (tertiary/aromatic N) is 2. The lowest BCUT2D eigenvalue weighted by atomic mass is 10.0. The molecule has 0 spiro atoms. The minimum Gasteiger partial charge on any atom is -0.378 e. The van der Waals surface area contributed by atoms with E-state index in [4.69, 9.17) is 4.74 Å². The number of carbonyl (C=O) groups excluding carboxylic acids is 1. The van der Waals surface area contributed by atoms with E-state index in [9.17, 15) is 4.79 Å². The van der Waals surface area contributed by atoms with Gasteiger partial charge in [-0.25, -0.2) is 0 Å². The van der Waals surface area contributed by atoms with Gasteiger partial charge in [0.1, 0.15) is 0 Å². The first kappa shape index (κ1) is 13.8. The number of hydrogen-bond donors (Lipinski definition) is 1. The van der Waals surface area contributed by atoms with E-state index in [1.54, 1.807) is 0 Å². The number of carbonyl (C=O) groups is 1. The topological polar surface area (TPSA) is 44.8 Å². The number of ether oxygens (including phenoxy) is 1. The lowest BCUT2D eigenvalue weighted by Crippen LogP contribution is -2.47. The quantitative estimate of drug-likeness (QED) is 0.754. The lowest BCUT2D eigenvalue weighted by Gasteiger charge is -2.30. The van der Waals surface area contributed by atoms with Gasteiger partial charge in [-0.05, 0) is 13.3 Å². The summed E-state index contributed by atoms with van der Waals surface area (Å²) in [5.74, 6) is 0.313. The second-order valence-electron chi connectivity index (χ2n) is 5.32. The van der Waals surface area contributed by atoms with E-state index >= 15 is 0 Å². The van der Waals surface area contributed by atoms with Gasteiger partial charge in [0.15, 0.2) is 0 Å². The van der Waals surface area contributed by atoms with E-state index in [0.29, 0.717) is 0 Å². The van der Waals surface area contributed by atoms with Crippen LogP contribution in [0.5, 0.6) is 0 Å². The van der Waals surface area contributed by atoms with Gasteiger partial charge >= 0.3 is 0 Å². The Kier molecular flexibility index (Phi) is 4.97. The number of rotatable bonds is 4. The third-order valence-corrected chi connectivity index (χ3v) is 4.03. The van der Waals surface area contributed by atoms with Crippen molar-refractivity contribution in [2.45, 2.75) is 19.4 Å². The van der Waals surface area contributed by atoms with Gasteiger partial charge in [-0.3, -0.25) is 9.69 Å².